The third kappa shape index (κ3) is 3.60. The highest BCUT2D eigenvalue weighted by Crippen LogP contribution is 2.04. The van der Waals surface area contributed by atoms with Crippen LogP contribution in [0.2, 0.25) is 0 Å². The van der Waals surface area contributed by atoms with Gasteiger partial charge in [0.1, 0.15) is 0 Å². The molecule has 0 aliphatic carbocycles. The summed E-state index contributed by atoms with van der Waals surface area (Å²) in [7, 11) is 1.88. The zero-order chi connectivity index (χ0) is 9.68. The predicted molar refractivity (Wildman–Crippen MR) is 51.8 cm³/mol. The predicted octanol–water partition coefficient (Wildman–Crippen LogP) is -0.713. The van der Waals surface area contributed by atoms with Gasteiger partial charge in [-0.1, -0.05) is 0 Å². The van der Waals surface area contributed by atoms with Gasteiger partial charge in [-0.3, -0.25) is 4.90 Å². The van der Waals surface area contributed by atoms with Crippen molar-refractivity contribution in [2.24, 2.45) is 0 Å². The second-order valence-corrected chi connectivity index (χ2v) is 3.61. The van der Waals surface area contributed by atoms with Crippen molar-refractivity contribution < 1.29 is 9.84 Å². The van der Waals surface area contributed by atoms with E-state index < -0.39 is 0 Å². The van der Waals surface area contributed by atoms with E-state index in [0.29, 0.717) is 6.10 Å². The van der Waals surface area contributed by atoms with E-state index in [1.807, 2.05) is 7.05 Å². The number of nitrogens with zero attached hydrogens (tertiary/aromatic N) is 1. The molecule has 1 rings (SSSR count). The van der Waals surface area contributed by atoms with Crippen LogP contribution in [0.5, 0.6) is 0 Å². The summed E-state index contributed by atoms with van der Waals surface area (Å²) in [6.07, 6.45) is 0.324. The molecule has 0 radical (unpaired) electrons. The highest BCUT2D eigenvalue weighted by Gasteiger charge is 2.18. The van der Waals surface area contributed by atoms with E-state index in [1.165, 1.54) is 0 Å². The molecular weight excluding hydrogens is 168 g/mol. The van der Waals surface area contributed by atoms with E-state index in [2.05, 4.69) is 17.1 Å². The van der Waals surface area contributed by atoms with Crippen LogP contribution in [0, 0.1) is 0 Å². The average Bonchev–Trinajstić information content (AvgIpc) is 2.14. The molecule has 2 unspecified atom stereocenters. The number of nitrogens with one attached hydrogen (secondary N) is 1. The van der Waals surface area contributed by atoms with Crippen LogP contribution in [0.15, 0.2) is 0 Å². The molecule has 13 heavy (non-hydrogen) atoms. The Balaban J connectivity index is 2.26. The van der Waals surface area contributed by atoms with Crippen molar-refractivity contribution in [1.29, 1.82) is 0 Å². The number of hydrogen-bond donors (Lipinski definition) is 2. The molecule has 0 aromatic rings. The summed E-state index contributed by atoms with van der Waals surface area (Å²) in [6.45, 7) is 5.94. The topological polar surface area (TPSA) is 44.7 Å². The van der Waals surface area contributed by atoms with Gasteiger partial charge < -0.3 is 15.2 Å². The first-order chi connectivity index (χ1) is 6.26. The first kappa shape index (κ1) is 10.9. The molecule has 0 saturated carbocycles. The third-order valence-corrected chi connectivity index (χ3v) is 2.43. The van der Waals surface area contributed by atoms with Gasteiger partial charge in [0.15, 0.2) is 0 Å². The summed E-state index contributed by atoms with van der Waals surface area (Å²) < 4.78 is 5.43. The lowest BCUT2D eigenvalue weighted by Crippen LogP contribution is -2.48. The zero-order valence-electron chi connectivity index (χ0n) is 8.49. The molecule has 1 heterocycles. The molecule has 0 spiro atoms. The summed E-state index contributed by atoms with van der Waals surface area (Å²) in [6, 6.07) is 0.185. The molecule has 0 aromatic heterocycles. The largest absolute Gasteiger partial charge is 0.395 e. The monoisotopic (exact) mass is 188 g/mol. The lowest BCUT2D eigenvalue weighted by Gasteiger charge is -2.33. The van der Waals surface area contributed by atoms with Crippen molar-refractivity contribution in [3.05, 3.63) is 0 Å². The first-order valence-corrected chi connectivity index (χ1v) is 4.88. The van der Waals surface area contributed by atoms with Gasteiger partial charge in [-0.25, -0.2) is 0 Å². The Kier molecular flexibility index (Phi) is 4.66. The van der Waals surface area contributed by atoms with Gasteiger partial charge in [-0.2, -0.15) is 0 Å². The van der Waals surface area contributed by atoms with Crippen molar-refractivity contribution in [1.82, 2.24) is 10.2 Å². The van der Waals surface area contributed by atoms with Crippen molar-refractivity contribution >= 4 is 0 Å². The van der Waals surface area contributed by atoms with Crippen LogP contribution in [-0.2, 0) is 4.74 Å². The molecule has 1 aliphatic rings. The van der Waals surface area contributed by atoms with Crippen LogP contribution in [0.4, 0.5) is 0 Å². The van der Waals surface area contributed by atoms with Gasteiger partial charge in [-0.15, -0.1) is 0 Å². The van der Waals surface area contributed by atoms with Crippen molar-refractivity contribution in [3.8, 4) is 0 Å². The fourth-order valence-electron chi connectivity index (χ4n) is 1.61. The second-order valence-electron chi connectivity index (χ2n) is 3.61. The van der Waals surface area contributed by atoms with E-state index >= 15 is 0 Å². The molecular formula is C9H20N2O2. The minimum absolute atomic E-state index is 0.185. The molecule has 4 nitrogen and oxygen atoms in total. The van der Waals surface area contributed by atoms with E-state index in [4.69, 9.17) is 9.84 Å². The normalized spacial score (nSPS) is 27.5. The van der Waals surface area contributed by atoms with Crippen LogP contribution in [-0.4, -0.2) is 62.0 Å². The molecule has 1 aliphatic heterocycles. The standard InChI is InChI=1S/C9H20N2O2/c1-8-5-11(3-4-13-8)6-9(7-12)10-2/h8-10,12H,3-7H2,1-2H3. The highest BCUT2D eigenvalue weighted by atomic mass is 16.5. The Hall–Kier alpha value is -0.160. The molecule has 78 valence electrons. The van der Waals surface area contributed by atoms with Gasteiger partial charge in [0.2, 0.25) is 0 Å². The maximum atomic E-state index is 9.00. The third-order valence-electron chi connectivity index (χ3n) is 2.43. The van der Waals surface area contributed by atoms with E-state index in [1.54, 1.807) is 0 Å². The number of morpholine rings is 1. The Morgan fingerprint density at radius 3 is 3.00 bits per heavy atom. The molecule has 0 bridgehead atoms. The van der Waals surface area contributed by atoms with Crippen molar-refractivity contribution in [2.45, 2.75) is 19.1 Å². The molecule has 2 atom stereocenters. The summed E-state index contributed by atoms with van der Waals surface area (Å²) in [5, 5.41) is 12.1. The van der Waals surface area contributed by atoms with Gasteiger partial charge in [0, 0.05) is 25.7 Å². The van der Waals surface area contributed by atoms with E-state index in [-0.39, 0.29) is 12.6 Å². The number of aliphatic hydroxyl groups is 1. The minimum atomic E-state index is 0.185. The maximum absolute atomic E-state index is 9.00. The summed E-state index contributed by atoms with van der Waals surface area (Å²) >= 11 is 0. The SMILES string of the molecule is CNC(CO)CN1CCOC(C)C1. The summed E-state index contributed by atoms with van der Waals surface area (Å²) in [5.41, 5.74) is 0. The quantitative estimate of drug-likeness (QED) is 0.611. The van der Waals surface area contributed by atoms with Crippen molar-refractivity contribution in [2.75, 3.05) is 39.9 Å². The fraction of sp³-hybridized carbons (Fsp3) is 1.00. The smallest absolute Gasteiger partial charge is 0.0674 e. The van der Waals surface area contributed by atoms with Gasteiger partial charge in [0.05, 0.1) is 19.3 Å². The zero-order valence-corrected chi connectivity index (χ0v) is 8.49. The van der Waals surface area contributed by atoms with Crippen molar-refractivity contribution in [3.63, 3.8) is 0 Å². The molecule has 1 saturated heterocycles. The Morgan fingerprint density at radius 1 is 1.69 bits per heavy atom. The molecule has 2 N–H and O–H groups in total. The molecule has 0 aromatic carbocycles. The van der Waals surface area contributed by atoms with Crippen LogP contribution in [0.1, 0.15) is 6.92 Å². The van der Waals surface area contributed by atoms with Gasteiger partial charge in [0.25, 0.3) is 0 Å². The number of hydrogen-bond acceptors (Lipinski definition) is 4. The Labute approximate surface area is 79.9 Å². The Bertz CT molecular complexity index is 140. The van der Waals surface area contributed by atoms with Crippen LogP contribution in [0.25, 0.3) is 0 Å². The summed E-state index contributed by atoms with van der Waals surface area (Å²) in [4.78, 5) is 2.32. The van der Waals surface area contributed by atoms with Crippen LogP contribution < -0.4 is 5.32 Å². The summed E-state index contributed by atoms with van der Waals surface area (Å²) in [5.74, 6) is 0. The molecule has 0 amide bonds. The lowest BCUT2D eigenvalue weighted by molar-refractivity contribution is -0.0225. The number of rotatable bonds is 4. The number of likely N-dealkylation sites (N-methyl/N-ethyl adjacent to an activating group) is 1. The number of aliphatic hydroxyl groups excluding tert-OH is 1. The van der Waals surface area contributed by atoms with Crippen LogP contribution >= 0.6 is 0 Å². The average molecular weight is 188 g/mol. The second kappa shape index (κ2) is 5.54. The Morgan fingerprint density at radius 2 is 2.46 bits per heavy atom. The van der Waals surface area contributed by atoms with E-state index in [0.717, 1.165) is 26.2 Å². The first-order valence-electron chi connectivity index (χ1n) is 4.88. The fourth-order valence-corrected chi connectivity index (χ4v) is 1.61. The minimum Gasteiger partial charge on any atom is -0.395 e. The van der Waals surface area contributed by atoms with Gasteiger partial charge in [-0.05, 0) is 14.0 Å². The van der Waals surface area contributed by atoms with Crippen LogP contribution in [0.3, 0.4) is 0 Å². The number of ether oxygens (including phenoxy) is 1. The molecule has 1 fully saturated rings. The van der Waals surface area contributed by atoms with E-state index in [9.17, 15) is 0 Å². The van der Waals surface area contributed by atoms with Gasteiger partial charge >= 0.3 is 0 Å². The lowest BCUT2D eigenvalue weighted by atomic mass is 10.2. The maximum Gasteiger partial charge on any atom is 0.0674 e. The highest BCUT2D eigenvalue weighted by molar-refractivity contribution is 4.74. The molecule has 4 heteroatoms.